The molecule has 0 unspecified atom stereocenters. The smallest absolute Gasteiger partial charge is 0.387 e. The molecule has 0 amide bonds. The van der Waals surface area contributed by atoms with E-state index in [0.29, 0.717) is 35.7 Å². The van der Waals surface area contributed by atoms with Crippen molar-refractivity contribution >= 4 is 11.4 Å². The quantitative estimate of drug-likeness (QED) is 0.396. The van der Waals surface area contributed by atoms with Gasteiger partial charge in [-0.2, -0.15) is 8.78 Å². The average molecular weight is 474 g/mol. The minimum absolute atomic E-state index is 0.000236. The van der Waals surface area contributed by atoms with E-state index in [-0.39, 0.29) is 46.9 Å². The fourth-order valence-electron chi connectivity index (χ4n) is 4.60. The Kier molecular flexibility index (Phi) is 6.20. The number of benzene rings is 1. The van der Waals surface area contributed by atoms with E-state index >= 15 is 4.39 Å². The van der Waals surface area contributed by atoms with Crippen molar-refractivity contribution in [2.45, 2.75) is 44.6 Å². The van der Waals surface area contributed by atoms with Crippen LogP contribution in [0.4, 0.5) is 13.2 Å². The largest absolute Gasteiger partial charge is 0.496 e. The number of aromatic nitrogens is 2. The number of pyridine rings is 1. The lowest BCUT2D eigenvalue weighted by Crippen LogP contribution is -2.15. The van der Waals surface area contributed by atoms with Crippen LogP contribution in [0.1, 0.15) is 53.9 Å². The number of halogens is 3. The van der Waals surface area contributed by atoms with Gasteiger partial charge in [0.15, 0.2) is 5.78 Å². The van der Waals surface area contributed by atoms with Crippen LogP contribution >= 0.6 is 0 Å². The number of hydrogen-bond acceptors (Lipinski definition) is 5. The standard InChI is InChI=1S/C25H25F3N2O4/c1-32-21-9-16(10-22(34-25(27)28)24(21)20(31)8-14-2-3-14)19-12-29-23-11-17(18(26)13-30(19)23)15-4-6-33-7-5-15/h9-15,25H,2-8H2,1H3. The first-order chi connectivity index (χ1) is 16.4. The predicted octanol–water partition coefficient (Wildman–Crippen LogP) is 5.63. The number of nitrogens with zero attached hydrogens (tertiary/aromatic N) is 2. The molecular weight excluding hydrogens is 449 g/mol. The van der Waals surface area contributed by atoms with Gasteiger partial charge in [0.05, 0.1) is 19.0 Å². The zero-order chi connectivity index (χ0) is 23.8. The molecule has 1 saturated heterocycles. The third-order valence-corrected chi connectivity index (χ3v) is 6.54. The van der Waals surface area contributed by atoms with E-state index < -0.39 is 6.61 Å². The molecule has 34 heavy (non-hydrogen) atoms. The summed E-state index contributed by atoms with van der Waals surface area (Å²) in [5.41, 5.74) is 2.00. The Hall–Kier alpha value is -3.07. The number of hydrogen-bond donors (Lipinski definition) is 0. The Morgan fingerprint density at radius 1 is 1.18 bits per heavy atom. The fraction of sp³-hybridized carbons (Fsp3) is 0.440. The second-order valence-electron chi connectivity index (χ2n) is 8.84. The second-order valence-corrected chi connectivity index (χ2v) is 8.84. The van der Waals surface area contributed by atoms with Crippen molar-refractivity contribution in [3.63, 3.8) is 0 Å². The summed E-state index contributed by atoms with van der Waals surface area (Å²) in [5, 5.41) is 0. The molecule has 1 saturated carbocycles. The van der Waals surface area contributed by atoms with Gasteiger partial charge < -0.3 is 14.2 Å². The lowest BCUT2D eigenvalue weighted by molar-refractivity contribution is -0.0502. The fourth-order valence-corrected chi connectivity index (χ4v) is 4.60. The lowest BCUT2D eigenvalue weighted by atomic mass is 9.92. The summed E-state index contributed by atoms with van der Waals surface area (Å²) in [7, 11) is 1.37. The van der Waals surface area contributed by atoms with Crippen molar-refractivity contribution in [3.05, 3.63) is 47.5 Å². The van der Waals surface area contributed by atoms with Gasteiger partial charge in [-0.1, -0.05) is 0 Å². The first-order valence-corrected chi connectivity index (χ1v) is 11.4. The number of imidazole rings is 1. The molecule has 0 atom stereocenters. The highest BCUT2D eigenvalue weighted by Crippen LogP contribution is 2.41. The van der Waals surface area contributed by atoms with Crippen LogP contribution in [0.25, 0.3) is 16.9 Å². The number of Topliss-reactive ketones (excluding diaryl/α,β-unsaturated/α-hetero) is 1. The Morgan fingerprint density at radius 3 is 2.59 bits per heavy atom. The van der Waals surface area contributed by atoms with E-state index in [4.69, 9.17) is 14.2 Å². The van der Waals surface area contributed by atoms with Crippen molar-refractivity contribution in [1.82, 2.24) is 9.38 Å². The van der Waals surface area contributed by atoms with Crippen LogP contribution < -0.4 is 9.47 Å². The van der Waals surface area contributed by atoms with Crippen LogP contribution in [0, 0.1) is 11.7 Å². The molecule has 6 nitrogen and oxygen atoms in total. The van der Waals surface area contributed by atoms with Gasteiger partial charge in [-0.25, -0.2) is 9.37 Å². The Bertz CT molecular complexity index is 1220. The highest BCUT2D eigenvalue weighted by molar-refractivity contribution is 6.02. The molecule has 2 aliphatic rings. The van der Waals surface area contributed by atoms with Gasteiger partial charge in [-0.15, -0.1) is 0 Å². The van der Waals surface area contributed by atoms with Gasteiger partial charge in [0.1, 0.15) is 28.5 Å². The molecule has 0 radical (unpaired) electrons. The zero-order valence-corrected chi connectivity index (χ0v) is 18.7. The number of ether oxygens (including phenoxy) is 3. The number of rotatable bonds is 8. The van der Waals surface area contributed by atoms with Gasteiger partial charge in [-0.3, -0.25) is 9.20 Å². The van der Waals surface area contributed by atoms with Crippen LogP contribution in [0.2, 0.25) is 0 Å². The van der Waals surface area contributed by atoms with E-state index in [2.05, 4.69) is 4.98 Å². The van der Waals surface area contributed by atoms with Crippen LogP contribution in [0.5, 0.6) is 11.5 Å². The third kappa shape index (κ3) is 4.49. The van der Waals surface area contributed by atoms with Gasteiger partial charge in [-0.05, 0) is 61.3 Å². The molecular formula is C25H25F3N2O4. The van der Waals surface area contributed by atoms with E-state index in [9.17, 15) is 13.6 Å². The third-order valence-electron chi connectivity index (χ3n) is 6.54. The van der Waals surface area contributed by atoms with Crippen molar-refractivity contribution in [2.24, 2.45) is 5.92 Å². The molecule has 5 rings (SSSR count). The highest BCUT2D eigenvalue weighted by Gasteiger charge is 2.30. The molecule has 1 aliphatic heterocycles. The molecule has 2 aromatic heterocycles. The van der Waals surface area contributed by atoms with Crippen molar-refractivity contribution in [2.75, 3.05) is 20.3 Å². The Morgan fingerprint density at radius 2 is 1.91 bits per heavy atom. The van der Waals surface area contributed by atoms with Gasteiger partial charge in [0.25, 0.3) is 0 Å². The number of alkyl halides is 2. The van der Waals surface area contributed by atoms with Crippen LogP contribution in [-0.2, 0) is 4.74 Å². The maximum atomic E-state index is 15.1. The summed E-state index contributed by atoms with van der Waals surface area (Å²) in [6, 6.07) is 4.66. The summed E-state index contributed by atoms with van der Waals surface area (Å²) >= 11 is 0. The normalized spacial score (nSPS) is 16.9. The van der Waals surface area contributed by atoms with E-state index in [1.165, 1.54) is 25.6 Å². The SMILES string of the molecule is COc1cc(-c2cnc3cc(C4CCOCC4)c(F)cn23)cc(OC(F)F)c1C(=O)CC1CC1. The summed E-state index contributed by atoms with van der Waals surface area (Å²) in [6.07, 6.45) is 6.51. The number of fused-ring (bicyclic) bond motifs is 1. The van der Waals surface area contributed by atoms with Crippen molar-refractivity contribution < 1.29 is 32.2 Å². The second kappa shape index (κ2) is 9.29. The monoisotopic (exact) mass is 474 g/mol. The van der Waals surface area contributed by atoms with Crippen molar-refractivity contribution in [3.8, 4) is 22.8 Å². The van der Waals surface area contributed by atoms with Gasteiger partial charge in [0.2, 0.25) is 0 Å². The highest BCUT2D eigenvalue weighted by atomic mass is 19.3. The van der Waals surface area contributed by atoms with E-state index in [1.807, 2.05) is 0 Å². The molecule has 2 fully saturated rings. The summed E-state index contributed by atoms with van der Waals surface area (Å²) in [5.74, 6) is -0.472. The van der Waals surface area contributed by atoms with E-state index in [1.54, 1.807) is 16.5 Å². The molecule has 0 bridgehead atoms. The topological polar surface area (TPSA) is 62.1 Å². The van der Waals surface area contributed by atoms with Gasteiger partial charge >= 0.3 is 6.61 Å². The molecule has 3 aromatic rings. The molecule has 1 aromatic carbocycles. The van der Waals surface area contributed by atoms with Crippen LogP contribution in [0.15, 0.2) is 30.6 Å². The number of carbonyl (C=O) groups is 1. The molecule has 1 aliphatic carbocycles. The Labute approximate surface area is 194 Å². The summed E-state index contributed by atoms with van der Waals surface area (Å²) < 4.78 is 58.6. The Balaban J connectivity index is 1.57. The maximum Gasteiger partial charge on any atom is 0.387 e. The molecule has 3 heterocycles. The number of ketones is 1. The predicted molar refractivity (Wildman–Crippen MR) is 118 cm³/mol. The molecule has 9 heteroatoms. The zero-order valence-electron chi connectivity index (χ0n) is 18.7. The summed E-state index contributed by atoms with van der Waals surface area (Å²) in [4.78, 5) is 17.3. The van der Waals surface area contributed by atoms with Crippen molar-refractivity contribution in [1.29, 1.82) is 0 Å². The number of methoxy groups -OCH3 is 1. The van der Waals surface area contributed by atoms with E-state index in [0.717, 1.165) is 25.7 Å². The van der Waals surface area contributed by atoms with Crippen LogP contribution in [0.3, 0.4) is 0 Å². The maximum absolute atomic E-state index is 15.1. The van der Waals surface area contributed by atoms with Crippen LogP contribution in [-0.4, -0.2) is 42.1 Å². The molecule has 0 N–H and O–H groups in total. The molecule has 180 valence electrons. The minimum Gasteiger partial charge on any atom is -0.496 e. The minimum atomic E-state index is -3.12. The molecule has 0 spiro atoms. The first-order valence-electron chi connectivity index (χ1n) is 11.4. The summed E-state index contributed by atoms with van der Waals surface area (Å²) in [6.45, 7) is -1.94. The number of carbonyl (C=O) groups excluding carboxylic acids is 1. The van der Waals surface area contributed by atoms with Gasteiger partial charge in [0, 0.05) is 31.4 Å². The lowest BCUT2D eigenvalue weighted by Gasteiger charge is -2.23. The average Bonchev–Trinajstić information content (AvgIpc) is 3.54. The first kappa shape index (κ1) is 22.7.